The van der Waals surface area contributed by atoms with Gasteiger partial charge in [0.2, 0.25) is 0 Å². The molecule has 0 amide bonds. The van der Waals surface area contributed by atoms with Crippen molar-refractivity contribution in [1.82, 2.24) is 4.57 Å². The van der Waals surface area contributed by atoms with Crippen molar-refractivity contribution in [3.63, 3.8) is 0 Å². The summed E-state index contributed by atoms with van der Waals surface area (Å²) in [4.78, 5) is 10.7. The molecule has 0 spiro atoms. The topological polar surface area (TPSA) is 95.7 Å². The van der Waals surface area contributed by atoms with E-state index in [-0.39, 0.29) is 11.3 Å². The first-order valence-electron chi connectivity index (χ1n) is 9.75. The number of rotatable bonds is 5. The highest BCUT2D eigenvalue weighted by Crippen LogP contribution is 2.37. The van der Waals surface area contributed by atoms with E-state index in [1.165, 1.54) is 12.1 Å². The SMILES string of the molecule is N#CC(C#N)=Cc1cc(-c2ccccc2)n(-c2ccc([N+](=O)[O-])cc2)c1-c1ccccc1. The van der Waals surface area contributed by atoms with Crippen LogP contribution < -0.4 is 0 Å². The van der Waals surface area contributed by atoms with Gasteiger partial charge in [-0.1, -0.05) is 60.7 Å². The third kappa shape index (κ3) is 3.89. The van der Waals surface area contributed by atoms with Gasteiger partial charge in [-0.05, 0) is 35.4 Å². The summed E-state index contributed by atoms with van der Waals surface area (Å²) >= 11 is 0. The molecule has 4 rings (SSSR count). The number of nitriles is 2. The Kier molecular flexibility index (Phi) is 5.61. The van der Waals surface area contributed by atoms with Crippen LogP contribution in [-0.4, -0.2) is 9.49 Å². The summed E-state index contributed by atoms with van der Waals surface area (Å²) in [6.07, 6.45) is 1.57. The van der Waals surface area contributed by atoms with Crippen LogP contribution in [0.5, 0.6) is 0 Å². The molecule has 4 aromatic rings. The van der Waals surface area contributed by atoms with Gasteiger partial charge >= 0.3 is 0 Å². The van der Waals surface area contributed by atoms with E-state index in [1.807, 2.05) is 83.4 Å². The molecule has 0 saturated heterocycles. The molecule has 0 N–H and O–H groups in total. The maximum atomic E-state index is 11.1. The fourth-order valence-electron chi connectivity index (χ4n) is 3.59. The first-order valence-corrected chi connectivity index (χ1v) is 9.75. The molecule has 152 valence electrons. The van der Waals surface area contributed by atoms with Gasteiger partial charge in [0.1, 0.15) is 17.7 Å². The maximum Gasteiger partial charge on any atom is 0.269 e. The van der Waals surface area contributed by atoms with Gasteiger partial charge in [-0.2, -0.15) is 10.5 Å². The number of allylic oxidation sites excluding steroid dienone is 1. The fraction of sp³-hybridized carbons (Fsp3) is 0. The molecule has 0 fully saturated rings. The number of hydrogen-bond acceptors (Lipinski definition) is 4. The Labute approximate surface area is 184 Å². The largest absolute Gasteiger partial charge is 0.309 e. The van der Waals surface area contributed by atoms with Crippen LogP contribution in [0.3, 0.4) is 0 Å². The summed E-state index contributed by atoms with van der Waals surface area (Å²) in [6.45, 7) is 0. The van der Waals surface area contributed by atoms with Crippen LogP contribution in [0.25, 0.3) is 34.3 Å². The summed E-state index contributed by atoms with van der Waals surface area (Å²) in [5.41, 5.74) is 4.84. The summed E-state index contributed by atoms with van der Waals surface area (Å²) in [7, 11) is 0. The predicted octanol–water partition coefficient (Wildman–Crippen LogP) is 6.15. The predicted molar refractivity (Wildman–Crippen MR) is 122 cm³/mol. The van der Waals surface area contributed by atoms with E-state index in [0.717, 1.165) is 28.2 Å². The molecule has 1 heterocycles. The van der Waals surface area contributed by atoms with Gasteiger partial charge in [0.25, 0.3) is 5.69 Å². The molecule has 0 aliphatic carbocycles. The van der Waals surface area contributed by atoms with Crippen molar-refractivity contribution in [3.8, 4) is 40.3 Å². The summed E-state index contributed by atoms with van der Waals surface area (Å²) < 4.78 is 1.99. The van der Waals surface area contributed by atoms with Gasteiger partial charge in [-0.15, -0.1) is 0 Å². The summed E-state index contributed by atoms with van der Waals surface area (Å²) in [6, 6.07) is 31.4. The molecular weight excluding hydrogens is 400 g/mol. The van der Waals surface area contributed by atoms with Crippen molar-refractivity contribution in [2.24, 2.45) is 0 Å². The highest BCUT2D eigenvalue weighted by molar-refractivity contribution is 5.83. The first-order chi connectivity index (χ1) is 15.6. The average molecular weight is 416 g/mol. The van der Waals surface area contributed by atoms with Gasteiger partial charge in [0.05, 0.1) is 16.3 Å². The third-order valence-electron chi connectivity index (χ3n) is 5.01. The number of nitro benzene ring substituents is 1. The van der Waals surface area contributed by atoms with Crippen LogP contribution in [-0.2, 0) is 0 Å². The Balaban J connectivity index is 2.08. The number of non-ortho nitro benzene ring substituents is 1. The maximum absolute atomic E-state index is 11.1. The van der Waals surface area contributed by atoms with Gasteiger partial charge in [0, 0.05) is 23.4 Å². The minimum atomic E-state index is -0.435. The van der Waals surface area contributed by atoms with Crippen LogP contribution in [0.4, 0.5) is 5.69 Å². The summed E-state index contributed by atoms with van der Waals surface area (Å²) in [5.74, 6) is 0. The second-order valence-electron chi connectivity index (χ2n) is 6.96. The smallest absolute Gasteiger partial charge is 0.269 e. The molecule has 1 aromatic heterocycles. The van der Waals surface area contributed by atoms with Crippen LogP contribution in [0.2, 0.25) is 0 Å². The monoisotopic (exact) mass is 416 g/mol. The number of hydrogen-bond donors (Lipinski definition) is 0. The lowest BCUT2D eigenvalue weighted by Crippen LogP contribution is -2.00. The van der Waals surface area contributed by atoms with Crippen LogP contribution in [0, 0.1) is 32.8 Å². The molecular formula is C26H16N4O2. The second-order valence-corrected chi connectivity index (χ2v) is 6.96. The molecule has 6 heteroatoms. The molecule has 3 aromatic carbocycles. The zero-order chi connectivity index (χ0) is 22.5. The molecule has 0 bridgehead atoms. The van der Waals surface area contributed by atoms with Crippen LogP contribution >= 0.6 is 0 Å². The van der Waals surface area contributed by atoms with Crippen LogP contribution in [0.1, 0.15) is 5.56 Å². The van der Waals surface area contributed by atoms with Crippen LogP contribution in [0.15, 0.2) is 96.6 Å². The van der Waals surface area contributed by atoms with Crippen molar-refractivity contribution in [1.29, 1.82) is 10.5 Å². The molecule has 0 aliphatic rings. The van der Waals surface area contributed by atoms with E-state index in [9.17, 15) is 20.6 Å². The zero-order valence-electron chi connectivity index (χ0n) is 16.8. The Morgan fingerprint density at radius 1 is 0.844 bits per heavy atom. The highest BCUT2D eigenvalue weighted by atomic mass is 16.6. The quantitative estimate of drug-likeness (QED) is 0.221. The second kappa shape index (κ2) is 8.83. The Morgan fingerprint density at radius 2 is 1.41 bits per heavy atom. The van der Waals surface area contributed by atoms with E-state index in [2.05, 4.69) is 0 Å². The number of nitro groups is 1. The highest BCUT2D eigenvalue weighted by Gasteiger charge is 2.19. The van der Waals surface area contributed by atoms with E-state index in [1.54, 1.807) is 18.2 Å². The molecule has 32 heavy (non-hydrogen) atoms. The van der Waals surface area contributed by atoms with Crippen molar-refractivity contribution in [2.45, 2.75) is 0 Å². The molecule has 0 unspecified atom stereocenters. The van der Waals surface area contributed by atoms with Crippen molar-refractivity contribution >= 4 is 11.8 Å². The zero-order valence-corrected chi connectivity index (χ0v) is 16.8. The average Bonchev–Trinajstić information content (AvgIpc) is 3.22. The Bertz CT molecular complexity index is 1370. The molecule has 0 radical (unpaired) electrons. The normalized spacial score (nSPS) is 10.1. The first kappa shape index (κ1) is 20.3. The minimum Gasteiger partial charge on any atom is -0.309 e. The van der Waals surface area contributed by atoms with E-state index in [4.69, 9.17) is 0 Å². The van der Waals surface area contributed by atoms with E-state index in [0.29, 0.717) is 5.56 Å². The molecule has 0 aliphatic heterocycles. The van der Waals surface area contributed by atoms with Crippen molar-refractivity contribution in [2.75, 3.05) is 0 Å². The lowest BCUT2D eigenvalue weighted by Gasteiger charge is -2.15. The minimum absolute atomic E-state index is 0.000190. The van der Waals surface area contributed by atoms with E-state index < -0.39 is 4.92 Å². The fourth-order valence-corrected chi connectivity index (χ4v) is 3.59. The number of benzene rings is 3. The molecule has 0 atom stereocenters. The molecule has 6 nitrogen and oxygen atoms in total. The molecule has 0 saturated carbocycles. The lowest BCUT2D eigenvalue weighted by atomic mass is 10.1. The third-order valence-corrected chi connectivity index (χ3v) is 5.01. The van der Waals surface area contributed by atoms with Gasteiger partial charge < -0.3 is 4.57 Å². The number of aromatic nitrogens is 1. The van der Waals surface area contributed by atoms with Gasteiger partial charge in [0.15, 0.2) is 0 Å². The van der Waals surface area contributed by atoms with Gasteiger partial charge in [-0.25, -0.2) is 0 Å². The Morgan fingerprint density at radius 3 is 1.94 bits per heavy atom. The standard InChI is InChI=1S/C26H16N4O2/c27-17-19(18-28)15-22-16-25(20-7-3-1-4-8-20)29(26(22)21-9-5-2-6-10-21)23-11-13-24(14-12-23)30(31)32/h1-16H. The Hall–Kier alpha value is -4.94. The van der Waals surface area contributed by atoms with E-state index >= 15 is 0 Å². The lowest BCUT2D eigenvalue weighted by molar-refractivity contribution is -0.384. The van der Waals surface area contributed by atoms with Crippen molar-refractivity contribution < 1.29 is 4.92 Å². The summed E-state index contributed by atoms with van der Waals surface area (Å²) in [5, 5.41) is 29.8. The van der Waals surface area contributed by atoms with Crippen molar-refractivity contribution in [3.05, 3.63) is 112 Å². The number of nitrogens with zero attached hydrogens (tertiary/aromatic N) is 4. The van der Waals surface area contributed by atoms with Gasteiger partial charge in [-0.3, -0.25) is 10.1 Å².